The summed E-state index contributed by atoms with van der Waals surface area (Å²) in [7, 11) is 1.57. The van der Waals surface area contributed by atoms with Crippen molar-refractivity contribution < 1.29 is 13.5 Å². The van der Waals surface area contributed by atoms with E-state index in [2.05, 4.69) is 0 Å². The smallest absolute Gasteiger partial charge is 0.265 e. The average Bonchev–Trinajstić information content (AvgIpc) is 2.54. The summed E-state index contributed by atoms with van der Waals surface area (Å²) in [5, 5.41) is 0. The number of anilines is 2. The van der Waals surface area contributed by atoms with E-state index in [4.69, 9.17) is 10.5 Å². The van der Waals surface area contributed by atoms with Crippen molar-refractivity contribution in [2.75, 3.05) is 30.8 Å². The fraction of sp³-hybridized carbons (Fsp3) is 0.667. The third kappa shape index (κ3) is 3.54. The Labute approximate surface area is 136 Å². The Morgan fingerprint density at radius 3 is 2.57 bits per heavy atom. The number of nitrogens with zero attached hydrogens (tertiary/aromatic N) is 1. The van der Waals surface area contributed by atoms with E-state index in [-0.39, 0.29) is 13.0 Å². The second-order valence-electron chi connectivity index (χ2n) is 6.87. The first-order chi connectivity index (χ1) is 11.0. The molecule has 1 aromatic carbocycles. The molecule has 23 heavy (non-hydrogen) atoms. The molecule has 2 fully saturated rings. The number of nitrogen functional groups attached to an aromatic ring is 1. The zero-order valence-corrected chi connectivity index (χ0v) is 13.8. The Kier molecular flexibility index (Phi) is 4.64. The number of hydrogen-bond donors (Lipinski definition) is 1. The molecule has 0 atom stereocenters. The number of halogens is 2. The number of rotatable bonds is 3. The summed E-state index contributed by atoms with van der Waals surface area (Å²) < 4.78 is 33.1. The van der Waals surface area contributed by atoms with Crippen LogP contribution in [0.1, 0.15) is 56.4 Å². The number of nitrogens with two attached hydrogens (primary N) is 1. The molecule has 0 aromatic heterocycles. The van der Waals surface area contributed by atoms with Crippen molar-refractivity contribution in [3.05, 3.63) is 17.7 Å². The molecule has 1 heterocycles. The Balaban J connectivity index is 1.98. The topological polar surface area (TPSA) is 38.5 Å². The molecule has 3 rings (SSSR count). The number of ether oxygens (including phenoxy) is 1. The van der Waals surface area contributed by atoms with Crippen molar-refractivity contribution in [3.8, 4) is 5.75 Å². The maximum Gasteiger partial charge on any atom is 0.265 e. The van der Waals surface area contributed by atoms with E-state index in [1.807, 2.05) is 17.0 Å². The van der Waals surface area contributed by atoms with E-state index in [9.17, 15) is 8.78 Å². The summed E-state index contributed by atoms with van der Waals surface area (Å²) in [6.07, 6.45) is 6.39. The third-order valence-electron chi connectivity index (χ3n) is 5.16. The van der Waals surface area contributed by atoms with Crippen LogP contribution in [0.3, 0.4) is 0 Å². The molecule has 3 nitrogen and oxygen atoms in total. The van der Waals surface area contributed by atoms with E-state index in [1.165, 1.54) is 19.3 Å². The van der Waals surface area contributed by atoms with Gasteiger partial charge in [0.1, 0.15) is 5.75 Å². The van der Waals surface area contributed by atoms with Crippen LogP contribution in [0.4, 0.5) is 20.2 Å². The van der Waals surface area contributed by atoms with Crippen LogP contribution in [0.25, 0.3) is 0 Å². The molecule has 1 aliphatic carbocycles. The van der Waals surface area contributed by atoms with E-state index in [1.54, 1.807) is 7.11 Å². The van der Waals surface area contributed by atoms with Crippen LogP contribution >= 0.6 is 0 Å². The number of hydrogen-bond acceptors (Lipinski definition) is 3. The van der Waals surface area contributed by atoms with Crippen molar-refractivity contribution in [2.45, 2.75) is 56.8 Å². The second-order valence-corrected chi connectivity index (χ2v) is 6.87. The standard InChI is InChI=1S/C18H26F2N2O/c1-23-17-11-16(22-9-5-8-18(19,20)12-22)14(10-15(17)21)13-6-3-2-4-7-13/h10-11,13H,2-9,12,21H2,1H3. The molecule has 2 aliphatic rings. The van der Waals surface area contributed by atoms with Crippen molar-refractivity contribution in [1.29, 1.82) is 0 Å². The Bertz CT molecular complexity index is 556. The highest BCUT2D eigenvalue weighted by molar-refractivity contribution is 5.68. The lowest BCUT2D eigenvalue weighted by atomic mass is 9.82. The summed E-state index contributed by atoms with van der Waals surface area (Å²) in [6, 6.07) is 3.82. The van der Waals surface area contributed by atoms with Crippen molar-refractivity contribution in [1.82, 2.24) is 0 Å². The SMILES string of the molecule is COc1cc(N2CCCC(F)(F)C2)c(C2CCCCC2)cc1N. The van der Waals surface area contributed by atoms with Crippen molar-refractivity contribution in [3.63, 3.8) is 0 Å². The largest absolute Gasteiger partial charge is 0.495 e. The molecule has 0 bridgehead atoms. The first-order valence-corrected chi connectivity index (χ1v) is 8.60. The molecule has 1 aliphatic heterocycles. The molecule has 0 spiro atoms. The molecule has 5 heteroatoms. The Morgan fingerprint density at radius 2 is 1.91 bits per heavy atom. The highest BCUT2D eigenvalue weighted by Crippen LogP contribution is 2.43. The van der Waals surface area contributed by atoms with Gasteiger partial charge in [-0.25, -0.2) is 8.78 Å². The molecule has 0 unspecified atom stereocenters. The summed E-state index contributed by atoms with van der Waals surface area (Å²) in [5.74, 6) is -1.62. The minimum absolute atomic E-state index is 0.0195. The number of piperidine rings is 1. The van der Waals surface area contributed by atoms with Crippen molar-refractivity contribution >= 4 is 11.4 Å². The predicted octanol–water partition coefficient (Wildman–Crippen LogP) is 4.56. The quantitative estimate of drug-likeness (QED) is 0.828. The molecule has 2 N–H and O–H groups in total. The van der Waals surface area contributed by atoms with Gasteiger partial charge in [-0.05, 0) is 36.8 Å². The van der Waals surface area contributed by atoms with Gasteiger partial charge in [-0.3, -0.25) is 0 Å². The molecule has 1 saturated heterocycles. The van der Waals surface area contributed by atoms with E-state index in [0.717, 1.165) is 24.1 Å². The lowest BCUT2D eigenvalue weighted by molar-refractivity contribution is -0.0117. The van der Waals surface area contributed by atoms with Crippen LogP contribution in [-0.4, -0.2) is 26.1 Å². The zero-order chi connectivity index (χ0) is 16.4. The van der Waals surface area contributed by atoms with Crippen LogP contribution in [0, 0.1) is 0 Å². The Morgan fingerprint density at radius 1 is 1.17 bits per heavy atom. The molecular formula is C18H26F2N2O. The van der Waals surface area contributed by atoms with Gasteiger partial charge in [0.25, 0.3) is 5.92 Å². The van der Waals surface area contributed by atoms with Crippen LogP contribution in [0.5, 0.6) is 5.75 Å². The van der Waals surface area contributed by atoms with Gasteiger partial charge in [0.2, 0.25) is 0 Å². The van der Waals surface area contributed by atoms with Gasteiger partial charge in [0.15, 0.2) is 0 Å². The number of methoxy groups -OCH3 is 1. The number of benzene rings is 1. The van der Waals surface area contributed by atoms with Crippen LogP contribution in [0.2, 0.25) is 0 Å². The first-order valence-electron chi connectivity index (χ1n) is 8.60. The number of alkyl halides is 2. The first kappa shape index (κ1) is 16.3. The van der Waals surface area contributed by atoms with Gasteiger partial charge >= 0.3 is 0 Å². The zero-order valence-electron chi connectivity index (χ0n) is 13.8. The molecule has 0 radical (unpaired) electrons. The maximum absolute atomic E-state index is 13.9. The van der Waals surface area contributed by atoms with E-state index in [0.29, 0.717) is 30.3 Å². The minimum Gasteiger partial charge on any atom is -0.495 e. The molecule has 1 aromatic rings. The summed E-state index contributed by atoms with van der Waals surface area (Å²) in [6.45, 7) is 0.460. The third-order valence-corrected chi connectivity index (χ3v) is 5.16. The lowest BCUT2D eigenvalue weighted by Gasteiger charge is -2.37. The second kappa shape index (κ2) is 6.54. The average molecular weight is 324 g/mol. The van der Waals surface area contributed by atoms with Crippen LogP contribution in [-0.2, 0) is 0 Å². The van der Waals surface area contributed by atoms with Gasteiger partial charge in [-0.15, -0.1) is 0 Å². The van der Waals surface area contributed by atoms with Crippen LogP contribution in [0.15, 0.2) is 12.1 Å². The fourth-order valence-electron chi connectivity index (χ4n) is 3.97. The molecular weight excluding hydrogens is 298 g/mol. The van der Waals surface area contributed by atoms with E-state index < -0.39 is 5.92 Å². The molecule has 1 saturated carbocycles. The van der Waals surface area contributed by atoms with Crippen molar-refractivity contribution in [2.24, 2.45) is 0 Å². The maximum atomic E-state index is 13.9. The minimum atomic E-state index is -2.61. The van der Waals surface area contributed by atoms with Gasteiger partial charge in [0, 0.05) is 24.7 Å². The normalized spacial score (nSPS) is 22.1. The summed E-state index contributed by atoms with van der Waals surface area (Å²) >= 11 is 0. The highest BCUT2D eigenvalue weighted by Gasteiger charge is 2.36. The Hall–Kier alpha value is -1.52. The summed E-state index contributed by atoms with van der Waals surface area (Å²) in [5.41, 5.74) is 8.71. The predicted molar refractivity (Wildman–Crippen MR) is 89.6 cm³/mol. The van der Waals surface area contributed by atoms with E-state index >= 15 is 0 Å². The van der Waals surface area contributed by atoms with Gasteiger partial charge in [-0.1, -0.05) is 19.3 Å². The van der Waals surface area contributed by atoms with Gasteiger partial charge < -0.3 is 15.4 Å². The lowest BCUT2D eigenvalue weighted by Crippen LogP contribution is -2.43. The molecule has 128 valence electrons. The summed E-state index contributed by atoms with van der Waals surface area (Å²) in [4.78, 5) is 1.83. The highest BCUT2D eigenvalue weighted by atomic mass is 19.3. The van der Waals surface area contributed by atoms with Gasteiger partial charge in [0.05, 0.1) is 19.3 Å². The fourth-order valence-corrected chi connectivity index (χ4v) is 3.97. The van der Waals surface area contributed by atoms with Crippen LogP contribution < -0.4 is 15.4 Å². The monoisotopic (exact) mass is 324 g/mol. The molecule has 0 amide bonds. The van der Waals surface area contributed by atoms with Gasteiger partial charge in [-0.2, -0.15) is 0 Å².